The molecule has 21 heavy (non-hydrogen) atoms. The monoisotopic (exact) mass is 295 g/mol. The maximum Gasteiger partial charge on any atom is 0.220 e. The highest BCUT2D eigenvalue weighted by molar-refractivity contribution is 5.76. The molecule has 0 aliphatic carbocycles. The second kappa shape index (κ2) is 7.07. The maximum atomic E-state index is 12.0. The van der Waals surface area contributed by atoms with Crippen LogP contribution in [0, 0.1) is 19.8 Å². The summed E-state index contributed by atoms with van der Waals surface area (Å²) in [6.07, 6.45) is 1.99. The van der Waals surface area contributed by atoms with Crippen molar-refractivity contribution in [2.24, 2.45) is 13.0 Å². The molecule has 2 N–H and O–H groups in total. The average molecular weight is 295 g/mol. The fourth-order valence-corrected chi connectivity index (χ4v) is 2.40. The summed E-state index contributed by atoms with van der Waals surface area (Å²) >= 11 is 0. The van der Waals surface area contributed by atoms with E-state index in [4.69, 9.17) is 0 Å². The number of hydrogen-bond acceptors (Lipinski definition) is 3. The number of nitrogens with one attached hydrogen (secondary N) is 1. The summed E-state index contributed by atoms with van der Waals surface area (Å²) in [5.74, 6) is 0.127. The van der Waals surface area contributed by atoms with Crippen molar-refractivity contribution in [3.8, 4) is 0 Å². The lowest BCUT2D eigenvalue weighted by Crippen LogP contribution is -2.45. The van der Waals surface area contributed by atoms with Gasteiger partial charge in [0, 0.05) is 25.7 Å². The van der Waals surface area contributed by atoms with Gasteiger partial charge in [0.25, 0.3) is 0 Å². The van der Waals surface area contributed by atoms with E-state index in [9.17, 15) is 9.90 Å². The number of rotatable bonds is 7. The number of nitrogens with zero attached hydrogens (tertiary/aromatic N) is 2. The van der Waals surface area contributed by atoms with Crippen molar-refractivity contribution < 1.29 is 9.90 Å². The summed E-state index contributed by atoms with van der Waals surface area (Å²) in [7, 11) is 1.91. The van der Waals surface area contributed by atoms with Gasteiger partial charge in [-0.1, -0.05) is 20.3 Å². The second-order valence-corrected chi connectivity index (χ2v) is 6.22. The van der Waals surface area contributed by atoms with Crippen LogP contribution in [0.5, 0.6) is 0 Å². The van der Waals surface area contributed by atoms with Gasteiger partial charge in [-0.3, -0.25) is 9.48 Å². The first-order chi connectivity index (χ1) is 9.69. The van der Waals surface area contributed by atoms with Crippen LogP contribution in [0.15, 0.2) is 0 Å². The van der Waals surface area contributed by atoms with Crippen LogP contribution < -0.4 is 5.32 Å². The molecule has 0 aliphatic heterocycles. The Balaban J connectivity index is 2.48. The smallest absolute Gasteiger partial charge is 0.220 e. The summed E-state index contributed by atoms with van der Waals surface area (Å²) in [5.41, 5.74) is 2.37. The van der Waals surface area contributed by atoms with Crippen molar-refractivity contribution in [2.45, 2.75) is 59.5 Å². The third-order valence-electron chi connectivity index (χ3n) is 4.58. The molecule has 120 valence electrons. The standard InChI is InChI=1S/C16H29N3O2/c1-7-11(2)16(5,21)10-17-15(20)9-8-14-12(3)18-19(6)13(14)4/h11,21H,7-10H2,1-6H3,(H,17,20). The van der Waals surface area contributed by atoms with Crippen LogP contribution in [-0.4, -0.2) is 32.9 Å². The first-order valence-corrected chi connectivity index (χ1v) is 7.67. The lowest BCUT2D eigenvalue weighted by Gasteiger charge is -2.29. The van der Waals surface area contributed by atoms with E-state index < -0.39 is 5.60 Å². The number of aromatic nitrogens is 2. The van der Waals surface area contributed by atoms with Crippen molar-refractivity contribution in [1.29, 1.82) is 0 Å². The molecule has 2 unspecified atom stereocenters. The third-order valence-corrected chi connectivity index (χ3v) is 4.58. The van der Waals surface area contributed by atoms with Crippen molar-refractivity contribution >= 4 is 5.91 Å². The quantitative estimate of drug-likeness (QED) is 0.807. The predicted molar refractivity (Wildman–Crippen MR) is 84.1 cm³/mol. The Bertz CT molecular complexity index is 492. The molecule has 0 bridgehead atoms. The Kier molecular flexibility index (Phi) is 5.96. The summed E-state index contributed by atoms with van der Waals surface area (Å²) in [6.45, 7) is 10.1. The lowest BCUT2D eigenvalue weighted by molar-refractivity contribution is -0.122. The number of carbonyl (C=O) groups is 1. The van der Waals surface area contributed by atoms with E-state index in [0.29, 0.717) is 19.4 Å². The van der Waals surface area contributed by atoms with Gasteiger partial charge in [-0.15, -0.1) is 0 Å². The van der Waals surface area contributed by atoms with E-state index in [-0.39, 0.29) is 11.8 Å². The summed E-state index contributed by atoms with van der Waals surface area (Å²) in [4.78, 5) is 12.0. The molecule has 1 heterocycles. The molecule has 1 amide bonds. The largest absolute Gasteiger partial charge is 0.388 e. The van der Waals surface area contributed by atoms with Crippen LogP contribution >= 0.6 is 0 Å². The van der Waals surface area contributed by atoms with Crippen LogP contribution in [-0.2, 0) is 18.3 Å². The first-order valence-electron chi connectivity index (χ1n) is 7.67. The Morgan fingerprint density at radius 3 is 2.57 bits per heavy atom. The van der Waals surface area contributed by atoms with Gasteiger partial charge >= 0.3 is 0 Å². The van der Waals surface area contributed by atoms with Crippen LogP contribution in [0.2, 0.25) is 0 Å². The van der Waals surface area contributed by atoms with Gasteiger partial charge in [-0.25, -0.2) is 0 Å². The highest BCUT2D eigenvalue weighted by atomic mass is 16.3. The molecule has 0 saturated carbocycles. The molecule has 5 heteroatoms. The van der Waals surface area contributed by atoms with E-state index in [0.717, 1.165) is 23.4 Å². The van der Waals surface area contributed by atoms with E-state index >= 15 is 0 Å². The van der Waals surface area contributed by atoms with Crippen LogP contribution in [0.3, 0.4) is 0 Å². The first kappa shape index (κ1) is 17.7. The lowest BCUT2D eigenvalue weighted by atomic mass is 9.88. The molecular formula is C16H29N3O2. The zero-order chi connectivity index (χ0) is 16.2. The van der Waals surface area contributed by atoms with Crippen molar-refractivity contribution in [3.63, 3.8) is 0 Å². The summed E-state index contributed by atoms with van der Waals surface area (Å²) in [6, 6.07) is 0. The molecule has 0 aromatic carbocycles. The van der Waals surface area contributed by atoms with E-state index in [2.05, 4.69) is 10.4 Å². The van der Waals surface area contributed by atoms with Crippen LogP contribution in [0.1, 0.15) is 50.6 Å². The normalized spacial score (nSPS) is 15.6. The van der Waals surface area contributed by atoms with Gasteiger partial charge in [0.2, 0.25) is 5.91 Å². The van der Waals surface area contributed by atoms with Gasteiger partial charge in [0.15, 0.2) is 0 Å². The molecule has 0 spiro atoms. The highest BCUT2D eigenvalue weighted by Gasteiger charge is 2.27. The van der Waals surface area contributed by atoms with E-state index in [1.165, 1.54) is 0 Å². The number of carbonyl (C=O) groups excluding carboxylic acids is 1. The Labute approximate surface area is 127 Å². The highest BCUT2D eigenvalue weighted by Crippen LogP contribution is 2.19. The summed E-state index contributed by atoms with van der Waals surface area (Å²) in [5, 5.41) is 17.5. The van der Waals surface area contributed by atoms with Gasteiger partial charge in [0.1, 0.15) is 0 Å². The van der Waals surface area contributed by atoms with Gasteiger partial charge < -0.3 is 10.4 Å². The molecule has 2 atom stereocenters. The molecule has 0 aliphatic rings. The molecule has 1 rings (SSSR count). The van der Waals surface area contributed by atoms with Crippen LogP contribution in [0.25, 0.3) is 0 Å². The Hall–Kier alpha value is -1.36. The van der Waals surface area contributed by atoms with Crippen molar-refractivity contribution in [1.82, 2.24) is 15.1 Å². The van der Waals surface area contributed by atoms with Gasteiger partial charge in [0.05, 0.1) is 11.3 Å². The molecule has 0 fully saturated rings. The van der Waals surface area contributed by atoms with Crippen LogP contribution in [0.4, 0.5) is 0 Å². The number of amides is 1. The fraction of sp³-hybridized carbons (Fsp3) is 0.750. The second-order valence-electron chi connectivity index (χ2n) is 6.22. The Morgan fingerprint density at radius 1 is 1.48 bits per heavy atom. The molecular weight excluding hydrogens is 266 g/mol. The SMILES string of the molecule is CCC(C)C(C)(O)CNC(=O)CCc1c(C)nn(C)c1C. The maximum absolute atomic E-state index is 12.0. The van der Waals surface area contributed by atoms with Crippen molar-refractivity contribution in [3.05, 3.63) is 17.0 Å². The van der Waals surface area contributed by atoms with Crippen molar-refractivity contribution in [2.75, 3.05) is 6.54 Å². The minimum Gasteiger partial charge on any atom is -0.388 e. The minimum absolute atomic E-state index is 0.0266. The van der Waals surface area contributed by atoms with Gasteiger partial charge in [-0.05, 0) is 38.7 Å². The molecule has 1 aromatic rings. The number of aliphatic hydroxyl groups is 1. The molecule has 0 saturated heterocycles. The fourth-order valence-electron chi connectivity index (χ4n) is 2.40. The van der Waals surface area contributed by atoms with E-state index in [1.807, 2.05) is 39.4 Å². The van der Waals surface area contributed by atoms with E-state index in [1.54, 1.807) is 6.92 Å². The zero-order valence-electron chi connectivity index (χ0n) is 14.2. The third kappa shape index (κ3) is 4.56. The minimum atomic E-state index is -0.857. The number of aryl methyl sites for hydroxylation is 2. The van der Waals surface area contributed by atoms with Gasteiger partial charge in [-0.2, -0.15) is 5.10 Å². The topological polar surface area (TPSA) is 67.2 Å². The number of hydrogen-bond donors (Lipinski definition) is 2. The zero-order valence-corrected chi connectivity index (χ0v) is 14.2. The predicted octanol–water partition coefficient (Wildman–Crippen LogP) is 1.88. The molecule has 1 aromatic heterocycles. The summed E-state index contributed by atoms with van der Waals surface area (Å²) < 4.78 is 1.84. The average Bonchev–Trinajstić information content (AvgIpc) is 2.67. The molecule has 0 radical (unpaired) electrons. The molecule has 5 nitrogen and oxygen atoms in total. The Morgan fingerprint density at radius 2 is 2.10 bits per heavy atom.